The molecule has 1 unspecified atom stereocenters. The van der Waals surface area contributed by atoms with Crippen LogP contribution in [0.15, 0.2) is 29.2 Å². The van der Waals surface area contributed by atoms with Gasteiger partial charge in [0.1, 0.15) is 0 Å². The second-order valence-corrected chi connectivity index (χ2v) is 5.60. The molecule has 0 radical (unpaired) electrons. The van der Waals surface area contributed by atoms with Crippen molar-refractivity contribution < 1.29 is 18.6 Å². The van der Waals surface area contributed by atoms with Crippen LogP contribution in [0, 0.1) is 0 Å². The normalized spacial score (nSPS) is 13.5. The summed E-state index contributed by atoms with van der Waals surface area (Å²) in [4.78, 5) is 0.0185. The highest BCUT2D eigenvalue weighted by Crippen LogP contribution is 2.16. The standard InChI is InChI=1S/C10H16N2O4S/c11-8-1-3-9(4-2-8)17(15,16)10(14)7-12-5-6-13/h1-4,10,12-14H,5-7,11H2. The monoisotopic (exact) mass is 260 g/mol. The molecule has 1 atom stereocenters. The molecule has 0 bridgehead atoms. The molecule has 0 amide bonds. The summed E-state index contributed by atoms with van der Waals surface area (Å²) in [6.45, 7) is -0.0176. The lowest BCUT2D eigenvalue weighted by Crippen LogP contribution is -2.34. The second kappa shape index (κ2) is 5.97. The van der Waals surface area contributed by atoms with Crippen LogP contribution in [-0.4, -0.2) is 43.8 Å². The predicted octanol–water partition coefficient (Wildman–Crippen LogP) is -1.06. The Morgan fingerprint density at radius 1 is 1.29 bits per heavy atom. The third kappa shape index (κ3) is 3.67. The maximum atomic E-state index is 11.8. The van der Waals surface area contributed by atoms with Crippen LogP contribution >= 0.6 is 0 Å². The van der Waals surface area contributed by atoms with Gasteiger partial charge in [0, 0.05) is 18.8 Å². The van der Waals surface area contributed by atoms with E-state index in [1.54, 1.807) is 0 Å². The summed E-state index contributed by atoms with van der Waals surface area (Å²) < 4.78 is 23.7. The molecular weight excluding hydrogens is 244 g/mol. The first kappa shape index (κ1) is 13.9. The summed E-state index contributed by atoms with van der Waals surface area (Å²) in [5, 5.41) is 20.7. The van der Waals surface area contributed by atoms with Crippen LogP contribution in [0.4, 0.5) is 5.69 Å². The third-order valence-corrected chi connectivity index (χ3v) is 3.99. The average Bonchev–Trinajstić information content (AvgIpc) is 2.29. The second-order valence-electron chi connectivity index (χ2n) is 3.50. The van der Waals surface area contributed by atoms with Gasteiger partial charge in [0.2, 0.25) is 9.84 Å². The molecule has 0 aliphatic heterocycles. The number of hydrogen-bond donors (Lipinski definition) is 4. The molecule has 0 aliphatic rings. The van der Waals surface area contributed by atoms with Gasteiger partial charge in [-0.05, 0) is 24.3 Å². The van der Waals surface area contributed by atoms with Gasteiger partial charge in [-0.3, -0.25) is 0 Å². The Balaban J connectivity index is 2.76. The Kier molecular flexibility index (Phi) is 4.88. The van der Waals surface area contributed by atoms with E-state index in [1.807, 2.05) is 0 Å². The number of sulfone groups is 1. The first-order chi connectivity index (χ1) is 7.98. The maximum absolute atomic E-state index is 11.8. The van der Waals surface area contributed by atoms with Gasteiger partial charge >= 0.3 is 0 Å². The van der Waals surface area contributed by atoms with Crippen LogP contribution in [0.5, 0.6) is 0 Å². The van der Waals surface area contributed by atoms with Gasteiger partial charge < -0.3 is 21.3 Å². The minimum Gasteiger partial charge on any atom is -0.399 e. The smallest absolute Gasteiger partial charge is 0.206 e. The molecule has 0 aromatic heterocycles. The van der Waals surface area contributed by atoms with E-state index in [4.69, 9.17) is 10.8 Å². The molecule has 1 aromatic rings. The van der Waals surface area contributed by atoms with Crippen molar-refractivity contribution in [3.05, 3.63) is 24.3 Å². The molecule has 0 heterocycles. The van der Waals surface area contributed by atoms with Crippen LogP contribution in [0.2, 0.25) is 0 Å². The summed E-state index contributed by atoms with van der Waals surface area (Å²) in [5.41, 5.74) is 4.36. The fourth-order valence-corrected chi connectivity index (χ4v) is 2.40. The van der Waals surface area contributed by atoms with Gasteiger partial charge in [0.25, 0.3) is 0 Å². The summed E-state index contributed by atoms with van der Waals surface area (Å²) in [7, 11) is -3.78. The summed E-state index contributed by atoms with van der Waals surface area (Å²) >= 11 is 0. The van der Waals surface area contributed by atoms with Gasteiger partial charge in [-0.1, -0.05) is 0 Å². The minimum atomic E-state index is -3.78. The molecule has 96 valence electrons. The predicted molar refractivity (Wildman–Crippen MR) is 64.0 cm³/mol. The van der Waals surface area contributed by atoms with Crippen molar-refractivity contribution in [2.45, 2.75) is 10.3 Å². The average molecular weight is 260 g/mol. The molecule has 1 aromatic carbocycles. The van der Waals surface area contributed by atoms with Crippen LogP contribution in [0.25, 0.3) is 0 Å². The maximum Gasteiger partial charge on any atom is 0.206 e. The Morgan fingerprint density at radius 2 is 1.88 bits per heavy atom. The molecule has 1 rings (SSSR count). The van der Waals surface area contributed by atoms with Crippen molar-refractivity contribution in [2.75, 3.05) is 25.4 Å². The molecule has 5 N–H and O–H groups in total. The third-order valence-electron chi connectivity index (χ3n) is 2.17. The first-order valence-electron chi connectivity index (χ1n) is 5.07. The summed E-state index contributed by atoms with van der Waals surface area (Å²) in [6, 6.07) is 5.61. The molecule has 6 nitrogen and oxygen atoms in total. The van der Waals surface area contributed by atoms with Crippen molar-refractivity contribution in [1.29, 1.82) is 0 Å². The van der Waals surface area contributed by atoms with Gasteiger partial charge in [0.15, 0.2) is 5.44 Å². The fraction of sp³-hybridized carbons (Fsp3) is 0.400. The topological polar surface area (TPSA) is 113 Å². The van der Waals surface area contributed by atoms with E-state index >= 15 is 0 Å². The number of anilines is 1. The number of nitrogens with two attached hydrogens (primary N) is 1. The van der Waals surface area contributed by atoms with Crippen molar-refractivity contribution in [1.82, 2.24) is 5.32 Å². The number of rotatable bonds is 6. The molecule has 0 spiro atoms. The van der Waals surface area contributed by atoms with E-state index < -0.39 is 15.3 Å². The highest BCUT2D eigenvalue weighted by Gasteiger charge is 2.24. The van der Waals surface area contributed by atoms with Crippen LogP contribution in [0.1, 0.15) is 0 Å². The van der Waals surface area contributed by atoms with E-state index in [0.717, 1.165) is 0 Å². The van der Waals surface area contributed by atoms with Gasteiger partial charge in [-0.2, -0.15) is 0 Å². The fourth-order valence-electron chi connectivity index (χ4n) is 1.23. The number of aliphatic hydroxyl groups is 2. The number of hydrogen-bond acceptors (Lipinski definition) is 6. The lowest BCUT2D eigenvalue weighted by atomic mass is 10.3. The van der Waals surface area contributed by atoms with E-state index in [2.05, 4.69) is 5.32 Å². The zero-order valence-corrected chi connectivity index (χ0v) is 10.0. The van der Waals surface area contributed by atoms with Crippen molar-refractivity contribution in [2.24, 2.45) is 0 Å². The molecule has 0 fully saturated rings. The van der Waals surface area contributed by atoms with Crippen LogP contribution in [-0.2, 0) is 9.84 Å². The number of nitrogen functional groups attached to an aromatic ring is 1. The zero-order valence-electron chi connectivity index (χ0n) is 9.20. The lowest BCUT2D eigenvalue weighted by Gasteiger charge is -2.12. The summed E-state index contributed by atoms with van der Waals surface area (Å²) in [6.07, 6.45) is 0. The van der Waals surface area contributed by atoms with Crippen molar-refractivity contribution >= 4 is 15.5 Å². The molecule has 0 saturated heterocycles. The number of benzene rings is 1. The highest BCUT2D eigenvalue weighted by atomic mass is 32.2. The molecule has 0 aliphatic carbocycles. The van der Waals surface area contributed by atoms with E-state index in [9.17, 15) is 13.5 Å². The molecule has 7 heteroatoms. The number of nitrogens with one attached hydrogen (secondary N) is 1. The van der Waals surface area contributed by atoms with Crippen LogP contribution < -0.4 is 11.1 Å². The largest absolute Gasteiger partial charge is 0.399 e. The minimum absolute atomic E-state index is 0.0185. The lowest BCUT2D eigenvalue weighted by molar-refractivity contribution is 0.233. The Bertz CT molecular complexity index is 444. The Labute approximate surface area is 100.0 Å². The van der Waals surface area contributed by atoms with Crippen molar-refractivity contribution in [3.63, 3.8) is 0 Å². The van der Waals surface area contributed by atoms with Gasteiger partial charge in [-0.25, -0.2) is 8.42 Å². The van der Waals surface area contributed by atoms with E-state index in [0.29, 0.717) is 5.69 Å². The van der Waals surface area contributed by atoms with E-state index in [1.165, 1.54) is 24.3 Å². The number of aliphatic hydroxyl groups excluding tert-OH is 2. The van der Waals surface area contributed by atoms with E-state index in [-0.39, 0.29) is 24.6 Å². The van der Waals surface area contributed by atoms with Gasteiger partial charge in [0.05, 0.1) is 11.5 Å². The first-order valence-corrected chi connectivity index (χ1v) is 6.62. The Morgan fingerprint density at radius 3 is 2.41 bits per heavy atom. The van der Waals surface area contributed by atoms with Crippen molar-refractivity contribution in [3.8, 4) is 0 Å². The highest BCUT2D eigenvalue weighted by molar-refractivity contribution is 7.91. The molecule has 17 heavy (non-hydrogen) atoms. The zero-order chi connectivity index (χ0) is 12.9. The molecule has 0 saturated carbocycles. The molecular formula is C10H16N2O4S. The SMILES string of the molecule is Nc1ccc(S(=O)(=O)C(O)CNCCO)cc1. The quantitative estimate of drug-likeness (QED) is 0.383. The van der Waals surface area contributed by atoms with Crippen LogP contribution in [0.3, 0.4) is 0 Å². The van der Waals surface area contributed by atoms with Gasteiger partial charge in [-0.15, -0.1) is 0 Å². The summed E-state index contributed by atoms with van der Waals surface area (Å²) in [5.74, 6) is 0. The Hall–Kier alpha value is -1.15.